The molecule has 4 heteroatoms. The van der Waals surface area contributed by atoms with Crippen LogP contribution in [0.5, 0.6) is 0 Å². The summed E-state index contributed by atoms with van der Waals surface area (Å²) in [7, 11) is 0. The van der Waals surface area contributed by atoms with E-state index in [4.69, 9.17) is 4.74 Å². The predicted octanol–water partition coefficient (Wildman–Crippen LogP) is 2.42. The lowest BCUT2D eigenvalue weighted by Crippen LogP contribution is -2.19. The molecule has 1 atom stereocenters. The van der Waals surface area contributed by atoms with Gasteiger partial charge in [0.25, 0.3) is 0 Å². The van der Waals surface area contributed by atoms with Crippen LogP contribution in [0.15, 0.2) is 0 Å². The number of nitrogens with one attached hydrogen (secondary N) is 1. The van der Waals surface area contributed by atoms with Crippen LogP contribution in [-0.2, 0) is 11.3 Å². The fourth-order valence-corrected chi connectivity index (χ4v) is 2.98. The average molecular weight is 240 g/mol. The highest BCUT2D eigenvalue weighted by molar-refractivity contribution is 7.11. The van der Waals surface area contributed by atoms with Crippen LogP contribution in [0.25, 0.3) is 0 Å². The molecule has 1 aromatic heterocycles. The van der Waals surface area contributed by atoms with Crippen LogP contribution in [0.3, 0.4) is 0 Å². The van der Waals surface area contributed by atoms with E-state index in [2.05, 4.69) is 24.1 Å². The molecule has 0 aliphatic carbocycles. The third kappa shape index (κ3) is 3.27. The van der Waals surface area contributed by atoms with Gasteiger partial charge in [0.1, 0.15) is 0 Å². The lowest BCUT2D eigenvalue weighted by atomic mass is 10.2. The Hall–Kier alpha value is -0.450. The highest BCUT2D eigenvalue weighted by Gasteiger charge is 2.14. The van der Waals surface area contributed by atoms with Crippen molar-refractivity contribution in [1.82, 2.24) is 10.3 Å². The number of thiazole rings is 1. The summed E-state index contributed by atoms with van der Waals surface area (Å²) in [4.78, 5) is 5.79. The number of aromatic nitrogens is 1. The van der Waals surface area contributed by atoms with Crippen molar-refractivity contribution in [2.45, 2.75) is 45.8 Å². The summed E-state index contributed by atoms with van der Waals surface area (Å²) in [6, 6.07) is 0. The van der Waals surface area contributed by atoms with Crippen LogP contribution in [0, 0.1) is 13.8 Å². The van der Waals surface area contributed by atoms with Crippen molar-refractivity contribution in [1.29, 1.82) is 0 Å². The Morgan fingerprint density at radius 2 is 2.38 bits per heavy atom. The van der Waals surface area contributed by atoms with Gasteiger partial charge in [-0.05, 0) is 39.7 Å². The van der Waals surface area contributed by atoms with Gasteiger partial charge < -0.3 is 10.1 Å². The first-order valence-electron chi connectivity index (χ1n) is 6.01. The van der Waals surface area contributed by atoms with Gasteiger partial charge in [-0.1, -0.05) is 0 Å². The fraction of sp³-hybridized carbons (Fsp3) is 0.750. The fourth-order valence-electron chi connectivity index (χ4n) is 2.07. The number of nitrogens with zero attached hydrogens (tertiary/aromatic N) is 1. The Morgan fingerprint density at radius 1 is 1.50 bits per heavy atom. The third-order valence-corrected chi connectivity index (χ3v) is 4.03. The minimum Gasteiger partial charge on any atom is -0.378 e. The molecule has 0 aromatic carbocycles. The molecule has 1 unspecified atom stereocenters. The molecular formula is C12H20N2OS. The number of hydrogen-bond acceptors (Lipinski definition) is 4. The molecule has 1 saturated heterocycles. The minimum atomic E-state index is 0.497. The van der Waals surface area contributed by atoms with Gasteiger partial charge in [-0.15, -0.1) is 11.3 Å². The first-order valence-corrected chi connectivity index (χ1v) is 6.82. The van der Waals surface area contributed by atoms with Gasteiger partial charge in [-0.25, -0.2) is 4.98 Å². The van der Waals surface area contributed by atoms with Crippen LogP contribution >= 0.6 is 11.3 Å². The quantitative estimate of drug-likeness (QED) is 0.803. The Balaban J connectivity index is 1.65. The maximum absolute atomic E-state index is 5.58. The molecule has 2 rings (SSSR count). The van der Waals surface area contributed by atoms with Crippen molar-refractivity contribution in [2.75, 3.05) is 13.2 Å². The van der Waals surface area contributed by atoms with E-state index in [1.807, 2.05) is 0 Å². The van der Waals surface area contributed by atoms with Crippen molar-refractivity contribution in [3.05, 3.63) is 15.6 Å². The normalized spacial score (nSPS) is 20.5. The Labute approximate surface area is 101 Å². The molecule has 1 fully saturated rings. The van der Waals surface area contributed by atoms with Gasteiger partial charge in [0.15, 0.2) is 0 Å². The van der Waals surface area contributed by atoms with Crippen molar-refractivity contribution in [3.63, 3.8) is 0 Å². The van der Waals surface area contributed by atoms with E-state index in [0.29, 0.717) is 6.10 Å². The van der Waals surface area contributed by atoms with E-state index in [1.165, 1.54) is 23.4 Å². The lowest BCUT2D eigenvalue weighted by Gasteiger charge is -2.09. The first-order chi connectivity index (χ1) is 7.75. The zero-order valence-electron chi connectivity index (χ0n) is 10.1. The maximum Gasteiger partial charge on any atom is 0.0900 e. The Bertz CT molecular complexity index is 332. The summed E-state index contributed by atoms with van der Waals surface area (Å²) in [6.45, 7) is 7.09. The highest BCUT2D eigenvalue weighted by atomic mass is 32.1. The van der Waals surface area contributed by atoms with Crippen LogP contribution in [-0.4, -0.2) is 24.2 Å². The van der Waals surface area contributed by atoms with Crippen LogP contribution in [0.4, 0.5) is 0 Å². The number of hydrogen-bond donors (Lipinski definition) is 1. The van der Waals surface area contributed by atoms with Gasteiger partial charge >= 0.3 is 0 Å². The molecule has 0 bridgehead atoms. The lowest BCUT2D eigenvalue weighted by molar-refractivity contribution is 0.104. The zero-order chi connectivity index (χ0) is 11.4. The van der Waals surface area contributed by atoms with E-state index in [0.717, 1.165) is 31.1 Å². The molecule has 0 spiro atoms. The number of ether oxygens (including phenoxy) is 1. The molecule has 1 aliphatic rings. The van der Waals surface area contributed by atoms with Gasteiger partial charge in [-0.2, -0.15) is 0 Å². The maximum atomic E-state index is 5.58. The van der Waals surface area contributed by atoms with Crippen molar-refractivity contribution < 1.29 is 4.74 Å². The van der Waals surface area contributed by atoms with E-state index >= 15 is 0 Å². The summed E-state index contributed by atoms with van der Waals surface area (Å²) >= 11 is 1.79. The highest BCUT2D eigenvalue weighted by Crippen LogP contribution is 2.17. The first kappa shape index (κ1) is 12.0. The summed E-state index contributed by atoms with van der Waals surface area (Å²) in [5.41, 5.74) is 1.17. The molecule has 1 aliphatic heterocycles. The Kier molecular flexibility index (Phi) is 4.32. The minimum absolute atomic E-state index is 0.497. The summed E-state index contributed by atoms with van der Waals surface area (Å²) < 4.78 is 5.58. The number of rotatable bonds is 5. The van der Waals surface area contributed by atoms with Crippen LogP contribution in [0.1, 0.15) is 34.8 Å². The van der Waals surface area contributed by atoms with Gasteiger partial charge in [-0.3, -0.25) is 0 Å². The van der Waals surface area contributed by atoms with Gasteiger partial charge in [0.05, 0.1) is 16.8 Å². The molecule has 0 radical (unpaired) electrons. The monoisotopic (exact) mass is 240 g/mol. The SMILES string of the molecule is Cc1nc(C)c(CNCCC2CCCO2)s1. The second-order valence-corrected chi connectivity index (χ2v) is 5.63. The van der Waals surface area contributed by atoms with E-state index in [-0.39, 0.29) is 0 Å². The average Bonchev–Trinajstić information content (AvgIpc) is 2.84. The molecular weight excluding hydrogens is 220 g/mol. The van der Waals surface area contributed by atoms with Gasteiger partial charge in [0.2, 0.25) is 0 Å². The summed E-state index contributed by atoms with van der Waals surface area (Å²) in [5.74, 6) is 0. The predicted molar refractivity (Wildman–Crippen MR) is 66.9 cm³/mol. The molecule has 2 heterocycles. The molecule has 0 saturated carbocycles. The van der Waals surface area contributed by atoms with Crippen LogP contribution in [0.2, 0.25) is 0 Å². The van der Waals surface area contributed by atoms with Crippen molar-refractivity contribution in [2.24, 2.45) is 0 Å². The molecule has 0 amide bonds. The molecule has 1 aromatic rings. The smallest absolute Gasteiger partial charge is 0.0900 e. The van der Waals surface area contributed by atoms with Gasteiger partial charge in [0, 0.05) is 18.0 Å². The van der Waals surface area contributed by atoms with Crippen LogP contribution < -0.4 is 5.32 Å². The van der Waals surface area contributed by atoms with Crippen molar-refractivity contribution in [3.8, 4) is 0 Å². The van der Waals surface area contributed by atoms with E-state index in [9.17, 15) is 0 Å². The second kappa shape index (κ2) is 5.75. The topological polar surface area (TPSA) is 34.2 Å². The summed E-state index contributed by atoms with van der Waals surface area (Å²) in [5, 5.41) is 4.63. The number of aryl methyl sites for hydroxylation is 2. The standard InChI is InChI=1S/C12H20N2OS/c1-9-12(16-10(2)14-9)8-13-6-5-11-4-3-7-15-11/h11,13H,3-8H2,1-2H3. The molecule has 3 nitrogen and oxygen atoms in total. The molecule has 16 heavy (non-hydrogen) atoms. The van der Waals surface area contributed by atoms with E-state index in [1.54, 1.807) is 11.3 Å². The largest absolute Gasteiger partial charge is 0.378 e. The molecule has 1 N–H and O–H groups in total. The summed E-state index contributed by atoms with van der Waals surface area (Å²) in [6.07, 6.45) is 4.10. The second-order valence-electron chi connectivity index (χ2n) is 4.34. The Morgan fingerprint density at radius 3 is 3.00 bits per heavy atom. The zero-order valence-corrected chi connectivity index (χ0v) is 10.9. The third-order valence-electron chi connectivity index (χ3n) is 2.95. The van der Waals surface area contributed by atoms with E-state index < -0.39 is 0 Å². The molecule has 90 valence electrons. The van der Waals surface area contributed by atoms with Crippen molar-refractivity contribution >= 4 is 11.3 Å².